The highest BCUT2D eigenvalue weighted by Gasteiger charge is 2.54. The van der Waals surface area contributed by atoms with E-state index in [2.05, 4.69) is 48.2 Å². The van der Waals surface area contributed by atoms with E-state index in [1.54, 1.807) is 12.1 Å². The van der Waals surface area contributed by atoms with Crippen molar-refractivity contribution in [2.45, 2.75) is 126 Å². The van der Waals surface area contributed by atoms with Crippen LogP contribution in [0.5, 0.6) is 17.2 Å². The van der Waals surface area contributed by atoms with Crippen LogP contribution in [0, 0.1) is 11.8 Å². The molecule has 294 valence electrons. The van der Waals surface area contributed by atoms with Crippen LogP contribution in [0.25, 0.3) is 0 Å². The van der Waals surface area contributed by atoms with Gasteiger partial charge in [0, 0.05) is 53.6 Å². The average molecular weight is 770 g/mol. The number of aliphatic carboxylic acids is 1. The Morgan fingerprint density at radius 3 is 2.65 bits per heavy atom. The maximum atomic E-state index is 13.1. The van der Waals surface area contributed by atoms with Crippen molar-refractivity contribution in [2.24, 2.45) is 11.8 Å². The first kappa shape index (κ1) is 38.1. The first-order chi connectivity index (χ1) is 26.5. The molecular weight excluding hydrogens is 714 g/mol. The average Bonchev–Trinajstić information content (AvgIpc) is 3.44. The number of aromatic nitrogens is 1. The van der Waals surface area contributed by atoms with Crippen molar-refractivity contribution in [3.63, 3.8) is 0 Å². The number of aryl methyl sites for hydroxylation is 1. The third-order valence-corrected chi connectivity index (χ3v) is 13.9. The van der Waals surface area contributed by atoms with Gasteiger partial charge in [-0.15, -0.1) is 0 Å². The van der Waals surface area contributed by atoms with Gasteiger partial charge in [0.1, 0.15) is 29.8 Å². The number of fused-ring (bicyclic) bond motifs is 4. The summed E-state index contributed by atoms with van der Waals surface area (Å²) in [6.45, 7) is 6.41. The molecule has 1 aromatic heterocycles. The Kier molecular flexibility index (Phi) is 10.8. The van der Waals surface area contributed by atoms with Gasteiger partial charge in [0.15, 0.2) is 11.5 Å². The number of ether oxygens (including phenoxy) is 3. The molecule has 2 heterocycles. The van der Waals surface area contributed by atoms with Crippen LogP contribution >= 0.6 is 11.6 Å². The molecule has 5 aliphatic rings. The molecule has 1 aliphatic heterocycles. The summed E-state index contributed by atoms with van der Waals surface area (Å²) in [6.07, 6.45) is 12.5. The summed E-state index contributed by atoms with van der Waals surface area (Å²) >= 11 is 6.32. The Labute approximate surface area is 330 Å². The lowest BCUT2D eigenvalue weighted by Crippen LogP contribution is -2.53. The lowest BCUT2D eigenvalue weighted by atomic mass is 9.59. The van der Waals surface area contributed by atoms with Crippen LogP contribution in [0.4, 0.5) is 5.69 Å². The molecule has 0 bridgehead atoms. The quantitative estimate of drug-likeness (QED) is 0.198. The number of Topliss-reactive ketones (excluding diaryl/α,β-unsaturated/α-hetero) is 1. The predicted octanol–water partition coefficient (Wildman–Crippen LogP) is 8.78. The van der Waals surface area contributed by atoms with Crippen LogP contribution in [0.2, 0.25) is 5.02 Å². The minimum Gasteiger partial charge on any atom is -0.493 e. The Bertz CT molecular complexity index is 1900. The van der Waals surface area contributed by atoms with Crippen LogP contribution in [0.3, 0.4) is 0 Å². The third kappa shape index (κ3) is 7.68. The minimum absolute atomic E-state index is 0.118. The highest BCUT2D eigenvalue weighted by atomic mass is 35.5. The second kappa shape index (κ2) is 15.6. The van der Waals surface area contributed by atoms with Crippen molar-refractivity contribution in [3.8, 4) is 17.2 Å². The van der Waals surface area contributed by atoms with E-state index in [9.17, 15) is 14.7 Å². The predicted molar refractivity (Wildman–Crippen MR) is 214 cm³/mol. The molecule has 4 atom stereocenters. The smallest absolute Gasteiger partial charge is 0.329 e. The van der Waals surface area contributed by atoms with Gasteiger partial charge in [0.25, 0.3) is 0 Å². The zero-order valence-electron chi connectivity index (χ0n) is 32.6. The summed E-state index contributed by atoms with van der Waals surface area (Å²) in [4.78, 5) is 32.0. The van der Waals surface area contributed by atoms with Gasteiger partial charge in [-0.1, -0.05) is 31.5 Å². The second-order valence-corrected chi connectivity index (χ2v) is 17.8. The zero-order chi connectivity index (χ0) is 38.3. The van der Waals surface area contributed by atoms with Crippen LogP contribution in [0.15, 0.2) is 48.7 Å². The van der Waals surface area contributed by atoms with Gasteiger partial charge in [-0.25, -0.2) is 4.79 Å². The van der Waals surface area contributed by atoms with Gasteiger partial charge in [0.2, 0.25) is 0 Å². The third-order valence-electron chi connectivity index (χ3n) is 13.7. The number of carbonyl (C=O) groups is 2. The second-order valence-electron chi connectivity index (χ2n) is 17.4. The molecule has 9 nitrogen and oxygen atoms in total. The zero-order valence-corrected chi connectivity index (χ0v) is 33.3. The number of likely N-dealkylation sites (N-methyl/N-ethyl adjacent to an activating group) is 1. The number of rotatable bonds is 11. The fourth-order valence-corrected chi connectivity index (χ4v) is 10.8. The summed E-state index contributed by atoms with van der Waals surface area (Å²) in [7, 11) is 2.13. The van der Waals surface area contributed by atoms with Gasteiger partial charge in [-0.05, 0) is 148 Å². The molecular formula is C45H56ClN3O6. The summed E-state index contributed by atoms with van der Waals surface area (Å²) in [5.41, 5.74) is 4.44. The number of carbonyl (C=O) groups excluding carboxylic acids is 1. The fraction of sp³-hybridized carbons (Fsp3) is 0.578. The first-order valence-corrected chi connectivity index (χ1v) is 21.0. The number of nitrogens with one attached hydrogen (secondary N) is 1. The largest absolute Gasteiger partial charge is 0.493 e. The van der Waals surface area contributed by atoms with E-state index in [-0.39, 0.29) is 17.4 Å². The first-order valence-electron chi connectivity index (χ1n) is 20.6. The van der Waals surface area contributed by atoms with Crippen molar-refractivity contribution in [3.05, 3.63) is 76.1 Å². The van der Waals surface area contributed by atoms with Gasteiger partial charge in [-0.3, -0.25) is 14.7 Å². The summed E-state index contributed by atoms with van der Waals surface area (Å²) < 4.78 is 19.7. The van der Waals surface area contributed by atoms with E-state index < -0.39 is 11.5 Å². The number of halogens is 1. The molecule has 0 amide bonds. The molecule has 2 N–H and O–H groups in total. The lowest BCUT2D eigenvalue weighted by Gasteiger charge is -2.47. The van der Waals surface area contributed by atoms with E-state index in [4.69, 9.17) is 25.8 Å². The van der Waals surface area contributed by atoms with E-state index >= 15 is 0 Å². The monoisotopic (exact) mass is 769 g/mol. The molecule has 0 saturated heterocycles. The normalized spacial score (nSPS) is 28.1. The summed E-state index contributed by atoms with van der Waals surface area (Å²) in [6, 6.07) is 14.2. The van der Waals surface area contributed by atoms with Crippen LogP contribution < -0.4 is 19.5 Å². The molecule has 1 spiro atoms. The Hall–Kier alpha value is -3.82. The number of benzene rings is 2. The highest BCUT2D eigenvalue weighted by molar-refractivity contribution is 6.30. The number of anilines is 1. The number of pyridine rings is 1. The maximum absolute atomic E-state index is 13.1. The summed E-state index contributed by atoms with van der Waals surface area (Å²) in [5, 5.41) is 14.7. The molecule has 55 heavy (non-hydrogen) atoms. The molecule has 2 aromatic carbocycles. The van der Waals surface area contributed by atoms with Gasteiger partial charge < -0.3 is 24.6 Å². The SMILES string of the molecule is C[C@@H](COc1ccnc2c1[C@H](C)CCC2)C[C@H]1Cc2cc3c(cc2C12CCC(Nc1cccc(Cl)c1)(C(=O)O)CC2)O[C@@H](CN(C)C1CCC(=O)CC1)CO3. The van der Waals surface area contributed by atoms with Crippen LogP contribution in [-0.2, 0) is 27.8 Å². The van der Waals surface area contributed by atoms with Crippen LogP contribution in [0.1, 0.15) is 113 Å². The Balaban J connectivity index is 1.04. The van der Waals surface area contributed by atoms with Crippen molar-refractivity contribution >= 4 is 29.0 Å². The number of hydrogen-bond acceptors (Lipinski definition) is 8. The molecule has 2 saturated carbocycles. The van der Waals surface area contributed by atoms with Crippen molar-refractivity contribution in [2.75, 3.05) is 32.1 Å². The maximum Gasteiger partial charge on any atom is 0.329 e. The standard InChI is InChI=1S/C45H56ClN3O6/c1-28(26-53-39-14-19-47-38-9-4-6-29(2)42(38)39)20-31-21-30-22-40-41(55-36(27-54-40)25-49(3)34-10-12-35(50)13-11-34)24-37(30)44(31)15-17-45(18-16-44,43(51)52)48-33-8-5-7-32(46)23-33/h5,7-8,14,19,22-24,28-29,31,34,36,48H,4,6,9-13,15-18,20-21,25-27H2,1-3H3,(H,51,52)/t28-,29-,31+,36+,44?,45?/m1/s1. The number of carboxylic acids is 1. The molecule has 0 unspecified atom stereocenters. The number of nitrogens with zero attached hydrogens (tertiary/aromatic N) is 2. The lowest BCUT2D eigenvalue weighted by molar-refractivity contribution is -0.144. The molecule has 8 rings (SSSR count). The topological polar surface area (TPSA) is 110 Å². The van der Waals surface area contributed by atoms with Crippen molar-refractivity contribution < 1.29 is 28.9 Å². The van der Waals surface area contributed by atoms with E-state index in [1.807, 2.05) is 24.4 Å². The van der Waals surface area contributed by atoms with E-state index in [0.717, 1.165) is 80.8 Å². The van der Waals surface area contributed by atoms with Crippen molar-refractivity contribution in [1.82, 2.24) is 9.88 Å². The number of hydrogen-bond donors (Lipinski definition) is 2. The molecule has 0 radical (unpaired) electrons. The highest BCUT2D eigenvalue weighted by Crippen LogP contribution is 2.58. The molecule has 2 fully saturated rings. The Morgan fingerprint density at radius 1 is 1.09 bits per heavy atom. The summed E-state index contributed by atoms with van der Waals surface area (Å²) in [5.74, 6) is 3.13. The van der Waals surface area contributed by atoms with E-state index in [1.165, 1.54) is 28.8 Å². The molecule has 3 aromatic rings. The molecule has 10 heteroatoms. The number of carboxylic acid groups (broad SMARTS) is 1. The van der Waals surface area contributed by atoms with Crippen molar-refractivity contribution in [1.29, 1.82) is 0 Å². The Morgan fingerprint density at radius 2 is 1.89 bits per heavy atom. The van der Waals surface area contributed by atoms with Crippen LogP contribution in [-0.4, -0.2) is 71.2 Å². The molecule has 4 aliphatic carbocycles. The van der Waals surface area contributed by atoms with Gasteiger partial charge in [0.05, 0.1) is 6.61 Å². The number of ketones is 1. The fourth-order valence-electron chi connectivity index (χ4n) is 10.6. The van der Waals surface area contributed by atoms with Gasteiger partial charge >= 0.3 is 5.97 Å². The van der Waals surface area contributed by atoms with E-state index in [0.29, 0.717) is 67.6 Å². The minimum atomic E-state index is -1.09. The van der Waals surface area contributed by atoms with Gasteiger partial charge in [-0.2, -0.15) is 0 Å².